The molecule has 5 heteroatoms. The largest absolute Gasteiger partial charge is 0.480 e. The number of aliphatic carboxylic acids is 1. The molecule has 0 bridgehead atoms. The number of rotatable bonds is 6. The SMILES string of the molecule is O=C(O)[C@@H]1C[C@H](N2CCCC(c3ccccc3)C2)CN1C(=O)C(c1ccccc1)c1ccccc1. The average molecular weight is 469 g/mol. The molecule has 3 atom stereocenters. The number of carbonyl (C=O) groups excluding carboxylic acids is 1. The van der Waals surface area contributed by atoms with E-state index in [-0.39, 0.29) is 11.9 Å². The molecule has 1 amide bonds. The first-order chi connectivity index (χ1) is 17.1. The van der Waals surface area contributed by atoms with Gasteiger partial charge in [0.05, 0.1) is 5.92 Å². The molecule has 35 heavy (non-hydrogen) atoms. The molecule has 0 saturated carbocycles. The second kappa shape index (κ2) is 10.4. The molecule has 1 N–H and O–H groups in total. The Bertz CT molecular complexity index is 1100. The molecule has 0 aromatic heterocycles. The molecule has 3 aromatic carbocycles. The number of benzene rings is 3. The Morgan fingerprint density at radius 2 is 1.37 bits per heavy atom. The van der Waals surface area contributed by atoms with Gasteiger partial charge in [-0.15, -0.1) is 0 Å². The van der Waals surface area contributed by atoms with Crippen LogP contribution in [0.1, 0.15) is 47.8 Å². The molecule has 2 aliphatic heterocycles. The molecule has 1 unspecified atom stereocenters. The summed E-state index contributed by atoms with van der Waals surface area (Å²) in [4.78, 5) is 30.4. The van der Waals surface area contributed by atoms with Crippen molar-refractivity contribution in [3.63, 3.8) is 0 Å². The van der Waals surface area contributed by atoms with Crippen molar-refractivity contribution in [1.29, 1.82) is 0 Å². The van der Waals surface area contributed by atoms with Crippen LogP contribution in [-0.4, -0.2) is 58.5 Å². The predicted octanol–water partition coefficient (Wildman–Crippen LogP) is 4.75. The van der Waals surface area contributed by atoms with Crippen molar-refractivity contribution >= 4 is 11.9 Å². The van der Waals surface area contributed by atoms with Crippen LogP contribution in [0.5, 0.6) is 0 Å². The van der Waals surface area contributed by atoms with Gasteiger partial charge in [0, 0.05) is 19.1 Å². The van der Waals surface area contributed by atoms with Crippen LogP contribution in [0.2, 0.25) is 0 Å². The minimum absolute atomic E-state index is 0.0544. The minimum atomic E-state index is -0.919. The Morgan fingerprint density at radius 3 is 1.94 bits per heavy atom. The maximum Gasteiger partial charge on any atom is 0.326 e. The minimum Gasteiger partial charge on any atom is -0.480 e. The molecule has 2 saturated heterocycles. The topological polar surface area (TPSA) is 60.9 Å². The number of hydrogen-bond acceptors (Lipinski definition) is 3. The highest BCUT2D eigenvalue weighted by atomic mass is 16.4. The number of carboxylic acid groups (broad SMARTS) is 1. The Morgan fingerprint density at radius 1 is 0.800 bits per heavy atom. The zero-order chi connectivity index (χ0) is 24.2. The van der Waals surface area contributed by atoms with Gasteiger partial charge < -0.3 is 10.0 Å². The lowest BCUT2D eigenvalue weighted by Crippen LogP contribution is -2.45. The molecule has 0 aliphatic carbocycles. The normalized spacial score (nSPS) is 22.9. The van der Waals surface area contributed by atoms with E-state index in [2.05, 4.69) is 29.2 Å². The van der Waals surface area contributed by atoms with Crippen LogP contribution in [0.15, 0.2) is 91.0 Å². The number of carbonyl (C=O) groups is 2. The van der Waals surface area contributed by atoms with Crippen molar-refractivity contribution in [3.8, 4) is 0 Å². The van der Waals surface area contributed by atoms with E-state index in [9.17, 15) is 14.7 Å². The number of amides is 1. The van der Waals surface area contributed by atoms with Gasteiger partial charge in [0.1, 0.15) is 6.04 Å². The first-order valence-electron chi connectivity index (χ1n) is 12.5. The van der Waals surface area contributed by atoms with E-state index in [0.717, 1.165) is 37.1 Å². The number of carboxylic acids is 1. The Kier molecular flexibility index (Phi) is 6.96. The van der Waals surface area contributed by atoms with Gasteiger partial charge in [-0.3, -0.25) is 9.69 Å². The number of piperidine rings is 1. The van der Waals surface area contributed by atoms with Gasteiger partial charge in [0.2, 0.25) is 5.91 Å². The Balaban J connectivity index is 1.39. The van der Waals surface area contributed by atoms with Crippen molar-refractivity contribution in [2.45, 2.75) is 43.2 Å². The summed E-state index contributed by atoms with van der Waals surface area (Å²) in [5, 5.41) is 10.1. The van der Waals surface area contributed by atoms with Crippen LogP contribution < -0.4 is 0 Å². The molecule has 2 heterocycles. The van der Waals surface area contributed by atoms with Crippen molar-refractivity contribution in [2.75, 3.05) is 19.6 Å². The highest BCUT2D eigenvalue weighted by molar-refractivity contribution is 5.91. The summed E-state index contributed by atoms with van der Waals surface area (Å²) in [6.07, 6.45) is 2.69. The van der Waals surface area contributed by atoms with Crippen LogP contribution >= 0.6 is 0 Å². The van der Waals surface area contributed by atoms with Gasteiger partial charge in [-0.25, -0.2) is 4.79 Å². The third-order valence-corrected chi connectivity index (χ3v) is 7.60. The summed E-state index contributed by atoms with van der Waals surface area (Å²) in [5.41, 5.74) is 3.11. The number of hydrogen-bond donors (Lipinski definition) is 1. The van der Waals surface area contributed by atoms with Gasteiger partial charge in [0.15, 0.2) is 0 Å². The molecular formula is C30H32N2O3. The fourth-order valence-electron chi connectivity index (χ4n) is 5.83. The Labute approximate surface area is 207 Å². The summed E-state index contributed by atoms with van der Waals surface area (Å²) >= 11 is 0. The van der Waals surface area contributed by atoms with E-state index in [1.807, 2.05) is 66.7 Å². The summed E-state index contributed by atoms with van der Waals surface area (Å²) < 4.78 is 0. The van der Waals surface area contributed by atoms with Crippen molar-refractivity contribution in [2.24, 2.45) is 0 Å². The average Bonchev–Trinajstić information content (AvgIpc) is 3.37. The van der Waals surface area contributed by atoms with Crippen molar-refractivity contribution in [1.82, 2.24) is 9.80 Å². The zero-order valence-corrected chi connectivity index (χ0v) is 19.9. The molecule has 0 spiro atoms. The van der Waals surface area contributed by atoms with Crippen molar-refractivity contribution in [3.05, 3.63) is 108 Å². The second-order valence-electron chi connectivity index (χ2n) is 9.73. The van der Waals surface area contributed by atoms with Gasteiger partial charge in [-0.1, -0.05) is 91.0 Å². The lowest BCUT2D eigenvalue weighted by atomic mass is 9.89. The van der Waals surface area contributed by atoms with Gasteiger partial charge in [-0.05, 0) is 48.4 Å². The number of nitrogens with zero attached hydrogens (tertiary/aromatic N) is 2. The number of likely N-dealkylation sites (tertiary alicyclic amines) is 2. The fourth-order valence-corrected chi connectivity index (χ4v) is 5.83. The molecule has 2 fully saturated rings. The predicted molar refractivity (Wildman–Crippen MR) is 136 cm³/mol. The molecule has 180 valence electrons. The molecule has 5 rings (SSSR count). The highest BCUT2D eigenvalue weighted by Crippen LogP contribution is 2.34. The summed E-state index contributed by atoms with van der Waals surface area (Å²) in [5.74, 6) is -1.12. The smallest absolute Gasteiger partial charge is 0.326 e. The lowest BCUT2D eigenvalue weighted by Gasteiger charge is -2.37. The monoisotopic (exact) mass is 468 g/mol. The molecule has 3 aromatic rings. The first kappa shape index (κ1) is 23.3. The van der Waals surface area contributed by atoms with Gasteiger partial charge >= 0.3 is 5.97 Å². The quantitative estimate of drug-likeness (QED) is 0.567. The maximum atomic E-state index is 14.0. The van der Waals surface area contributed by atoms with Gasteiger partial charge in [0.25, 0.3) is 0 Å². The Hall–Kier alpha value is -3.44. The van der Waals surface area contributed by atoms with Crippen LogP contribution in [0.4, 0.5) is 0 Å². The maximum absolute atomic E-state index is 14.0. The van der Waals surface area contributed by atoms with Crippen LogP contribution in [0.3, 0.4) is 0 Å². The summed E-state index contributed by atoms with van der Waals surface area (Å²) in [6, 6.07) is 29.2. The van der Waals surface area contributed by atoms with Crippen molar-refractivity contribution < 1.29 is 14.7 Å². The van der Waals surface area contributed by atoms with Crippen LogP contribution in [0, 0.1) is 0 Å². The van der Waals surface area contributed by atoms with E-state index in [0.29, 0.717) is 18.9 Å². The first-order valence-corrected chi connectivity index (χ1v) is 12.5. The standard InChI is InChI=1S/C30H32N2O3/c33-29(28(23-13-6-2-7-14-23)24-15-8-3-9-16-24)32-21-26(19-27(32)30(34)35)31-18-10-17-25(20-31)22-11-4-1-5-12-22/h1-9,11-16,25-28H,10,17-21H2,(H,34,35)/t25?,26-,27-/m0/s1. The van der Waals surface area contributed by atoms with Crippen LogP contribution in [0.25, 0.3) is 0 Å². The second-order valence-corrected chi connectivity index (χ2v) is 9.73. The van der Waals surface area contributed by atoms with E-state index >= 15 is 0 Å². The van der Waals surface area contributed by atoms with E-state index < -0.39 is 17.9 Å². The molecular weight excluding hydrogens is 436 g/mol. The molecule has 5 nitrogen and oxygen atoms in total. The van der Waals surface area contributed by atoms with E-state index in [1.165, 1.54) is 5.56 Å². The molecule has 2 aliphatic rings. The van der Waals surface area contributed by atoms with E-state index in [4.69, 9.17) is 0 Å². The molecule has 0 radical (unpaired) electrons. The highest BCUT2D eigenvalue weighted by Gasteiger charge is 2.44. The summed E-state index contributed by atoms with van der Waals surface area (Å²) in [6.45, 7) is 2.31. The fraction of sp³-hybridized carbons (Fsp3) is 0.333. The lowest BCUT2D eigenvalue weighted by molar-refractivity contribution is -0.148. The van der Waals surface area contributed by atoms with Crippen LogP contribution in [-0.2, 0) is 9.59 Å². The zero-order valence-electron chi connectivity index (χ0n) is 19.9. The van der Waals surface area contributed by atoms with Gasteiger partial charge in [-0.2, -0.15) is 0 Å². The summed E-state index contributed by atoms with van der Waals surface area (Å²) in [7, 11) is 0. The third-order valence-electron chi connectivity index (χ3n) is 7.60. The van der Waals surface area contributed by atoms with E-state index in [1.54, 1.807) is 4.90 Å². The third kappa shape index (κ3) is 5.01.